The lowest BCUT2D eigenvalue weighted by Gasteiger charge is -2.34. The molecule has 2 aromatic rings. The van der Waals surface area contributed by atoms with Gasteiger partial charge in [0.2, 0.25) is 5.91 Å². The van der Waals surface area contributed by atoms with Crippen LogP contribution in [0.5, 0.6) is 0 Å². The molecule has 3 amide bonds. The van der Waals surface area contributed by atoms with E-state index in [2.05, 4.69) is 12.1 Å². The summed E-state index contributed by atoms with van der Waals surface area (Å²) in [6.45, 7) is 4.72. The Balaban J connectivity index is 1.36. The lowest BCUT2D eigenvalue weighted by atomic mass is 10.1. The minimum Gasteiger partial charge on any atom is -0.450 e. The number of nitrogens with zero attached hydrogens (tertiary/aromatic N) is 3. The molecule has 1 atom stereocenters. The SMILES string of the molecule is CCOC(=O)N1CCN(C(=O)c2ccc([C@H]3SCC(=O)N3CCc3ccccc3)cc2)CC1. The van der Waals surface area contributed by atoms with Gasteiger partial charge in [0.25, 0.3) is 5.91 Å². The van der Waals surface area contributed by atoms with Gasteiger partial charge in [0.15, 0.2) is 0 Å². The van der Waals surface area contributed by atoms with Gasteiger partial charge in [-0.25, -0.2) is 4.79 Å². The Morgan fingerprint density at radius 3 is 2.30 bits per heavy atom. The van der Waals surface area contributed by atoms with Crippen LogP contribution in [-0.4, -0.2) is 77.7 Å². The van der Waals surface area contributed by atoms with E-state index in [1.807, 2.05) is 47.4 Å². The highest BCUT2D eigenvalue weighted by Crippen LogP contribution is 2.38. The van der Waals surface area contributed by atoms with Crippen molar-refractivity contribution in [2.24, 2.45) is 0 Å². The van der Waals surface area contributed by atoms with Gasteiger partial charge < -0.3 is 19.4 Å². The van der Waals surface area contributed by atoms with Gasteiger partial charge in [-0.2, -0.15) is 0 Å². The molecular weight excluding hydrogens is 438 g/mol. The first-order valence-electron chi connectivity index (χ1n) is 11.3. The molecule has 0 aliphatic carbocycles. The molecule has 2 saturated heterocycles. The zero-order chi connectivity index (χ0) is 23.2. The maximum atomic E-state index is 12.9. The van der Waals surface area contributed by atoms with Crippen LogP contribution >= 0.6 is 11.8 Å². The highest BCUT2D eigenvalue weighted by atomic mass is 32.2. The monoisotopic (exact) mass is 467 g/mol. The normalized spacial score (nSPS) is 18.5. The molecule has 0 N–H and O–H groups in total. The number of benzene rings is 2. The molecule has 174 valence electrons. The predicted octanol–water partition coefficient (Wildman–Crippen LogP) is 3.42. The van der Waals surface area contributed by atoms with E-state index in [0.717, 1.165) is 12.0 Å². The molecular formula is C25H29N3O4S. The first kappa shape index (κ1) is 23.2. The number of carbonyl (C=O) groups excluding carboxylic acids is 3. The van der Waals surface area contributed by atoms with Crippen LogP contribution in [0.1, 0.15) is 33.8 Å². The van der Waals surface area contributed by atoms with Crippen molar-refractivity contribution >= 4 is 29.7 Å². The summed E-state index contributed by atoms with van der Waals surface area (Å²) in [5.74, 6) is 0.590. The summed E-state index contributed by atoms with van der Waals surface area (Å²) in [6, 6.07) is 17.8. The second-order valence-electron chi connectivity index (χ2n) is 8.09. The largest absolute Gasteiger partial charge is 0.450 e. The topological polar surface area (TPSA) is 70.2 Å². The van der Waals surface area contributed by atoms with Crippen LogP contribution < -0.4 is 0 Å². The van der Waals surface area contributed by atoms with E-state index >= 15 is 0 Å². The van der Waals surface area contributed by atoms with E-state index in [9.17, 15) is 14.4 Å². The van der Waals surface area contributed by atoms with Crippen LogP contribution in [0.2, 0.25) is 0 Å². The number of amides is 3. The number of hydrogen-bond acceptors (Lipinski definition) is 5. The molecule has 2 aliphatic rings. The number of thioether (sulfide) groups is 1. The minimum absolute atomic E-state index is 0.0292. The zero-order valence-corrected chi connectivity index (χ0v) is 19.6. The molecule has 8 heteroatoms. The summed E-state index contributed by atoms with van der Waals surface area (Å²) in [4.78, 5) is 42.6. The first-order chi connectivity index (χ1) is 16.1. The summed E-state index contributed by atoms with van der Waals surface area (Å²) in [7, 11) is 0. The molecule has 2 aromatic carbocycles. The fourth-order valence-corrected chi connectivity index (χ4v) is 5.36. The third-order valence-corrected chi connectivity index (χ3v) is 7.24. The Labute approximate surface area is 198 Å². The second-order valence-corrected chi connectivity index (χ2v) is 9.15. The van der Waals surface area contributed by atoms with Crippen molar-refractivity contribution in [1.29, 1.82) is 0 Å². The quantitative estimate of drug-likeness (QED) is 0.651. The zero-order valence-electron chi connectivity index (χ0n) is 18.8. The molecule has 33 heavy (non-hydrogen) atoms. The van der Waals surface area contributed by atoms with Crippen molar-refractivity contribution in [2.45, 2.75) is 18.7 Å². The standard InChI is InChI=1S/C25H29N3O4S/c1-2-32-25(31)27-16-14-26(15-17-27)23(30)20-8-10-21(11-9-20)24-28(22(29)18-33-24)13-12-19-6-4-3-5-7-19/h3-11,24H,2,12-18H2,1H3/t24-/m1/s1. The fraction of sp³-hybridized carbons (Fsp3) is 0.400. The Hall–Kier alpha value is -3.00. The predicted molar refractivity (Wildman–Crippen MR) is 128 cm³/mol. The molecule has 0 spiro atoms. The van der Waals surface area contributed by atoms with Gasteiger partial charge in [-0.15, -0.1) is 11.8 Å². The Morgan fingerprint density at radius 2 is 1.64 bits per heavy atom. The van der Waals surface area contributed by atoms with Crippen molar-refractivity contribution in [1.82, 2.24) is 14.7 Å². The minimum atomic E-state index is -0.325. The highest BCUT2D eigenvalue weighted by Gasteiger charge is 2.32. The number of carbonyl (C=O) groups is 3. The van der Waals surface area contributed by atoms with Gasteiger partial charge in [0.05, 0.1) is 12.4 Å². The average molecular weight is 468 g/mol. The summed E-state index contributed by atoms with van der Waals surface area (Å²) in [5.41, 5.74) is 2.86. The maximum Gasteiger partial charge on any atom is 0.409 e. The molecule has 0 saturated carbocycles. The van der Waals surface area contributed by atoms with Crippen LogP contribution in [0.15, 0.2) is 54.6 Å². The lowest BCUT2D eigenvalue weighted by molar-refractivity contribution is -0.128. The van der Waals surface area contributed by atoms with E-state index < -0.39 is 0 Å². The van der Waals surface area contributed by atoms with Crippen LogP contribution in [0, 0.1) is 0 Å². The Bertz CT molecular complexity index is 975. The van der Waals surface area contributed by atoms with Gasteiger partial charge in [-0.3, -0.25) is 9.59 Å². The highest BCUT2D eigenvalue weighted by molar-refractivity contribution is 8.00. The van der Waals surface area contributed by atoms with Crippen LogP contribution in [0.4, 0.5) is 4.79 Å². The summed E-state index contributed by atoms with van der Waals surface area (Å²) < 4.78 is 5.04. The second kappa shape index (κ2) is 10.7. The van der Waals surface area contributed by atoms with E-state index in [-0.39, 0.29) is 23.3 Å². The number of piperazine rings is 1. The number of hydrogen-bond donors (Lipinski definition) is 0. The van der Waals surface area contributed by atoms with Gasteiger partial charge in [0, 0.05) is 38.3 Å². The van der Waals surface area contributed by atoms with Crippen molar-refractivity contribution in [2.75, 3.05) is 45.1 Å². The number of rotatable bonds is 6. The van der Waals surface area contributed by atoms with Crippen LogP contribution in [-0.2, 0) is 16.0 Å². The molecule has 0 bridgehead atoms. The van der Waals surface area contributed by atoms with Crippen LogP contribution in [0.3, 0.4) is 0 Å². The Kier molecular flexibility index (Phi) is 7.54. The summed E-state index contributed by atoms with van der Waals surface area (Å²) >= 11 is 1.63. The summed E-state index contributed by atoms with van der Waals surface area (Å²) in [5, 5.41) is -0.0292. The van der Waals surface area contributed by atoms with E-state index in [1.54, 1.807) is 28.5 Å². The van der Waals surface area contributed by atoms with Gasteiger partial charge in [0.1, 0.15) is 5.37 Å². The summed E-state index contributed by atoms with van der Waals surface area (Å²) in [6.07, 6.45) is 0.493. The number of ether oxygens (including phenoxy) is 1. The smallest absolute Gasteiger partial charge is 0.409 e. The van der Waals surface area contributed by atoms with Crippen LogP contribution in [0.25, 0.3) is 0 Å². The molecule has 0 radical (unpaired) electrons. The third-order valence-electron chi connectivity index (χ3n) is 5.99. The fourth-order valence-electron chi connectivity index (χ4n) is 4.15. The third kappa shape index (κ3) is 5.50. The van der Waals surface area contributed by atoms with E-state index in [4.69, 9.17) is 4.74 Å². The molecule has 7 nitrogen and oxygen atoms in total. The van der Waals surface area contributed by atoms with Crippen molar-refractivity contribution in [3.8, 4) is 0 Å². The lowest BCUT2D eigenvalue weighted by Crippen LogP contribution is -2.50. The van der Waals surface area contributed by atoms with E-state index in [0.29, 0.717) is 50.6 Å². The van der Waals surface area contributed by atoms with Crippen molar-refractivity contribution in [3.63, 3.8) is 0 Å². The molecule has 2 fully saturated rings. The molecule has 0 aromatic heterocycles. The van der Waals surface area contributed by atoms with Gasteiger partial charge >= 0.3 is 6.09 Å². The first-order valence-corrected chi connectivity index (χ1v) is 12.4. The van der Waals surface area contributed by atoms with Crippen molar-refractivity contribution < 1.29 is 19.1 Å². The maximum absolute atomic E-state index is 12.9. The Morgan fingerprint density at radius 1 is 0.970 bits per heavy atom. The van der Waals surface area contributed by atoms with Gasteiger partial charge in [-0.05, 0) is 36.6 Å². The van der Waals surface area contributed by atoms with Crippen molar-refractivity contribution in [3.05, 3.63) is 71.3 Å². The van der Waals surface area contributed by atoms with Gasteiger partial charge in [-0.1, -0.05) is 42.5 Å². The molecule has 4 rings (SSSR count). The molecule has 0 unspecified atom stereocenters. The molecule has 2 heterocycles. The molecule has 2 aliphatic heterocycles. The van der Waals surface area contributed by atoms with E-state index in [1.165, 1.54) is 5.56 Å². The average Bonchev–Trinajstić information content (AvgIpc) is 3.23.